The van der Waals surface area contributed by atoms with Crippen molar-refractivity contribution in [1.29, 1.82) is 0 Å². The van der Waals surface area contributed by atoms with Crippen molar-refractivity contribution >= 4 is 17.7 Å². The average Bonchev–Trinajstić information content (AvgIpc) is 3.45. The van der Waals surface area contributed by atoms with Gasteiger partial charge < -0.3 is 34.7 Å². The van der Waals surface area contributed by atoms with Gasteiger partial charge in [-0.25, -0.2) is 4.39 Å². The zero-order valence-corrected chi connectivity index (χ0v) is 20.7. The van der Waals surface area contributed by atoms with E-state index in [9.17, 15) is 18.8 Å². The number of H-pyrrole nitrogens is 1. The lowest BCUT2D eigenvalue weighted by atomic mass is 10.0. The van der Waals surface area contributed by atoms with Crippen LogP contribution in [0.25, 0.3) is 0 Å². The smallest absolute Gasteiger partial charge is 0.270 e. The Bertz CT molecular complexity index is 1350. The second kappa shape index (κ2) is 10.8. The number of halogens is 1. The molecule has 5 rings (SSSR count). The maximum absolute atomic E-state index is 14.5. The molecule has 38 heavy (non-hydrogen) atoms. The summed E-state index contributed by atoms with van der Waals surface area (Å²) >= 11 is 0. The molecule has 198 valence electrons. The minimum absolute atomic E-state index is 0.0679. The highest BCUT2D eigenvalue weighted by atomic mass is 19.1. The van der Waals surface area contributed by atoms with Gasteiger partial charge in [0.2, 0.25) is 0 Å². The molecule has 3 heterocycles. The van der Waals surface area contributed by atoms with E-state index in [1.165, 1.54) is 25.3 Å². The van der Waals surface area contributed by atoms with Gasteiger partial charge in [-0.3, -0.25) is 14.4 Å². The normalized spacial score (nSPS) is 19.8. The molecule has 0 aliphatic carbocycles. The number of hydrogen-bond acceptors (Lipinski definition) is 6. The Hall–Kier alpha value is -4.54. The largest absolute Gasteiger partial charge is 0.493 e. The van der Waals surface area contributed by atoms with Gasteiger partial charge in [0.25, 0.3) is 17.7 Å². The lowest BCUT2D eigenvalue weighted by Gasteiger charge is -2.38. The maximum Gasteiger partial charge on any atom is 0.270 e. The number of likely N-dealkylation sites (tertiary alicyclic amines) is 1. The first-order chi connectivity index (χ1) is 18.4. The number of benzene rings is 2. The molecular weight excluding hydrogens is 495 g/mol. The van der Waals surface area contributed by atoms with E-state index in [-0.39, 0.29) is 42.7 Å². The Kier molecular flexibility index (Phi) is 7.16. The number of hydrogen-bond donors (Lipinski definition) is 3. The lowest BCUT2D eigenvalue weighted by molar-refractivity contribution is -0.125. The zero-order chi connectivity index (χ0) is 26.6. The predicted octanol–water partition coefficient (Wildman–Crippen LogP) is 2.26. The summed E-state index contributed by atoms with van der Waals surface area (Å²) in [5.74, 6) is -0.744. The van der Waals surface area contributed by atoms with E-state index in [2.05, 4.69) is 15.6 Å². The van der Waals surface area contributed by atoms with Crippen LogP contribution in [-0.4, -0.2) is 66.6 Å². The molecular formula is C27H27FN4O6. The minimum atomic E-state index is -0.591. The van der Waals surface area contributed by atoms with Crippen molar-refractivity contribution in [1.82, 2.24) is 20.5 Å². The Balaban J connectivity index is 1.44. The summed E-state index contributed by atoms with van der Waals surface area (Å²) in [5, 5.41) is 5.66. The van der Waals surface area contributed by atoms with Crippen LogP contribution in [0, 0.1) is 5.82 Å². The summed E-state index contributed by atoms with van der Waals surface area (Å²) in [6.45, 7) is 0.274. The third kappa shape index (κ3) is 5.56. The molecule has 1 fully saturated rings. The second-order valence-corrected chi connectivity index (χ2v) is 9.09. The summed E-state index contributed by atoms with van der Waals surface area (Å²) in [6.07, 6.45) is 1.53. The SMILES string of the molecule is COc1ccc2cc1OCC(=O)N[C@@H]1CN(C(=O)c3ccc[nH]3)CC[C@@H]1Oc1cc(F)cc(c1)CNC2=O. The van der Waals surface area contributed by atoms with Gasteiger partial charge >= 0.3 is 0 Å². The van der Waals surface area contributed by atoms with Gasteiger partial charge in [0, 0.05) is 43.9 Å². The number of amides is 3. The van der Waals surface area contributed by atoms with E-state index in [4.69, 9.17) is 14.2 Å². The highest BCUT2D eigenvalue weighted by molar-refractivity contribution is 5.95. The van der Waals surface area contributed by atoms with Crippen LogP contribution in [0.5, 0.6) is 17.2 Å². The fourth-order valence-electron chi connectivity index (χ4n) is 4.60. The highest BCUT2D eigenvalue weighted by Crippen LogP contribution is 2.29. The highest BCUT2D eigenvalue weighted by Gasteiger charge is 2.35. The van der Waals surface area contributed by atoms with E-state index in [0.29, 0.717) is 30.0 Å². The number of nitrogens with one attached hydrogen (secondary N) is 3. The molecule has 0 unspecified atom stereocenters. The average molecular weight is 523 g/mol. The quantitative estimate of drug-likeness (QED) is 0.475. The molecule has 0 spiro atoms. The van der Waals surface area contributed by atoms with Crippen LogP contribution in [0.3, 0.4) is 0 Å². The van der Waals surface area contributed by atoms with Gasteiger partial charge in [0.15, 0.2) is 18.1 Å². The van der Waals surface area contributed by atoms with E-state index in [1.54, 1.807) is 41.4 Å². The molecule has 3 N–H and O–H groups in total. The number of carbonyl (C=O) groups is 3. The number of aromatic nitrogens is 1. The van der Waals surface area contributed by atoms with Crippen LogP contribution in [-0.2, 0) is 11.3 Å². The van der Waals surface area contributed by atoms with Crippen LogP contribution in [0.2, 0.25) is 0 Å². The molecule has 1 saturated heterocycles. The predicted molar refractivity (Wildman–Crippen MR) is 134 cm³/mol. The topological polar surface area (TPSA) is 122 Å². The lowest BCUT2D eigenvalue weighted by Crippen LogP contribution is -2.58. The number of piperidine rings is 1. The third-order valence-electron chi connectivity index (χ3n) is 6.47. The summed E-state index contributed by atoms with van der Waals surface area (Å²) in [7, 11) is 1.45. The number of fused-ring (bicyclic) bond motifs is 5. The summed E-state index contributed by atoms with van der Waals surface area (Å²) in [6, 6.07) is 11.7. The Morgan fingerprint density at radius 1 is 1.16 bits per heavy atom. The molecule has 0 radical (unpaired) electrons. The fourth-order valence-corrected chi connectivity index (χ4v) is 4.60. The molecule has 10 nitrogen and oxygen atoms in total. The molecule has 3 amide bonds. The van der Waals surface area contributed by atoms with E-state index in [1.807, 2.05) is 0 Å². The number of ether oxygens (including phenoxy) is 3. The van der Waals surface area contributed by atoms with Crippen LogP contribution >= 0.6 is 0 Å². The molecule has 3 aromatic rings. The van der Waals surface area contributed by atoms with Crippen molar-refractivity contribution in [2.45, 2.75) is 25.1 Å². The van der Waals surface area contributed by atoms with Gasteiger partial charge in [-0.2, -0.15) is 0 Å². The van der Waals surface area contributed by atoms with Crippen LogP contribution in [0.4, 0.5) is 4.39 Å². The third-order valence-corrected chi connectivity index (χ3v) is 6.47. The Labute approximate surface area is 218 Å². The molecule has 1 aromatic heterocycles. The van der Waals surface area contributed by atoms with Gasteiger partial charge in [-0.1, -0.05) is 0 Å². The summed E-state index contributed by atoms with van der Waals surface area (Å²) in [5.41, 5.74) is 1.23. The van der Waals surface area contributed by atoms with E-state index >= 15 is 0 Å². The number of carbonyl (C=O) groups excluding carboxylic acids is 3. The van der Waals surface area contributed by atoms with Crippen molar-refractivity contribution in [3.05, 3.63) is 77.4 Å². The second-order valence-electron chi connectivity index (χ2n) is 9.09. The fraction of sp³-hybridized carbons (Fsp3) is 0.296. The molecule has 0 saturated carbocycles. The number of rotatable bonds is 2. The molecule has 2 atom stereocenters. The molecule has 2 aromatic carbocycles. The zero-order valence-electron chi connectivity index (χ0n) is 20.7. The van der Waals surface area contributed by atoms with Crippen molar-refractivity contribution in [3.63, 3.8) is 0 Å². The van der Waals surface area contributed by atoms with Gasteiger partial charge in [-0.05, 0) is 48.0 Å². The molecule has 11 heteroatoms. The summed E-state index contributed by atoms with van der Waals surface area (Å²) in [4.78, 5) is 43.2. The molecule has 2 aliphatic heterocycles. The first-order valence-electron chi connectivity index (χ1n) is 12.2. The van der Waals surface area contributed by atoms with Crippen molar-refractivity contribution in [2.24, 2.45) is 0 Å². The number of nitrogens with zero attached hydrogens (tertiary/aromatic N) is 1. The first kappa shape index (κ1) is 25.1. The van der Waals surface area contributed by atoms with Crippen molar-refractivity contribution in [2.75, 3.05) is 26.8 Å². The Morgan fingerprint density at radius 3 is 2.82 bits per heavy atom. The van der Waals surface area contributed by atoms with Crippen LogP contribution in [0.15, 0.2) is 54.7 Å². The van der Waals surface area contributed by atoms with Gasteiger partial charge in [-0.15, -0.1) is 0 Å². The summed E-state index contributed by atoms with van der Waals surface area (Å²) < 4.78 is 31.6. The van der Waals surface area contributed by atoms with E-state index < -0.39 is 29.8 Å². The van der Waals surface area contributed by atoms with Crippen molar-refractivity contribution in [3.8, 4) is 17.2 Å². The van der Waals surface area contributed by atoms with Crippen LogP contribution in [0.1, 0.15) is 32.8 Å². The van der Waals surface area contributed by atoms with E-state index in [0.717, 1.165) is 0 Å². The maximum atomic E-state index is 14.5. The molecule has 4 bridgehead atoms. The number of aromatic amines is 1. The van der Waals surface area contributed by atoms with Gasteiger partial charge in [0.05, 0.1) is 13.2 Å². The van der Waals surface area contributed by atoms with Crippen molar-refractivity contribution < 1.29 is 33.0 Å². The Morgan fingerprint density at radius 2 is 2.03 bits per heavy atom. The monoisotopic (exact) mass is 522 g/mol. The van der Waals surface area contributed by atoms with Crippen LogP contribution < -0.4 is 24.8 Å². The number of methoxy groups -OCH3 is 1. The molecule has 2 aliphatic rings. The van der Waals surface area contributed by atoms with Gasteiger partial charge in [0.1, 0.15) is 23.4 Å². The standard InChI is InChI=1S/C27H27FN4O6/c1-36-23-5-4-17-11-24(23)37-15-25(33)31-21-14-32(27(35)20-3-2-7-29-20)8-6-22(21)38-19-10-16(9-18(28)12-19)13-30-26(17)34/h2-5,7,9-12,21-22,29H,6,8,13-15H2,1H3,(H,30,34)(H,31,33)/t21-,22+/m1/s1. The minimum Gasteiger partial charge on any atom is -0.493 e. The first-order valence-corrected chi connectivity index (χ1v) is 12.2.